The lowest BCUT2D eigenvalue weighted by atomic mass is 10.2. The summed E-state index contributed by atoms with van der Waals surface area (Å²) < 4.78 is 4.93. The second-order valence-electron chi connectivity index (χ2n) is 3.88. The number of hydrogen-bond donors (Lipinski definition) is 1. The fourth-order valence-corrected chi connectivity index (χ4v) is 1.35. The maximum absolute atomic E-state index is 11.8. The minimum absolute atomic E-state index is 0.345. The van der Waals surface area contributed by atoms with Gasteiger partial charge in [0, 0.05) is 11.8 Å². The van der Waals surface area contributed by atoms with Crippen LogP contribution >= 0.6 is 0 Å². The molecule has 4 nitrogen and oxygen atoms in total. The van der Waals surface area contributed by atoms with Crippen LogP contribution in [-0.2, 0) is 14.3 Å². The number of carbonyl (C=O) groups excluding carboxylic acids is 2. The molecule has 0 saturated heterocycles. The van der Waals surface area contributed by atoms with Crippen LogP contribution in [0, 0.1) is 6.92 Å². The van der Waals surface area contributed by atoms with Crippen LogP contribution in [0.4, 0.5) is 5.69 Å². The van der Waals surface area contributed by atoms with Crippen molar-refractivity contribution in [2.45, 2.75) is 26.9 Å². The van der Waals surface area contributed by atoms with Crippen LogP contribution < -0.4 is 5.32 Å². The van der Waals surface area contributed by atoms with E-state index in [1.165, 1.54) is 13.0 Å². The molecule has 0 aliphatic carbocycles. The molecule has 18 heavy (non-hydrogen) atoms. The molecule has 0 radical (unpaired) electrons. The highest BCUT2D eigenvalue weighted by molar-refractivity contribution is 5.96. The van der Waals surface area contributed by atoms with Crippen LogP contribution in [0.25, 0.3) is 0 Å². The van der Waals surface area contributed by atoms with Gasteiger partial charge in [-0.05, 0) is 32.4 Å². The second kappa shape index (κ2) is 6.59. The molecular weight excluding hydrogens is 230 g/mol. The lowest BCUT2D eigenvalue weighted by Gasteiger charge is -2.13. The molecule has 0 aliphatic heterocycles. The van der Waals surface area contributed by atoms with Crippen molar-refractivity contribution in [3.63, 3.8) is 0 Å². The van der Waals surface area contributed by atoms with Gasteiger partial charge in [-0.2, -0.15) is 0 Å². The first kappa shape index (κ1) is 14.0. The van der Waals surface area contributed by atoms with Crippen molar-refractivity contribution in [1.29, 1.82) is 0 Å². The molecule has 1 rings (SSSR count). The van der Waals surface area contributed by atoms with E-state index in [4.69, 9.17) is 4.74 Å². The van der Waals surface area contributed by atoms with Crippen molar-refractivity contribution < 1.29 is 14.3 Å². The number of hydrogen-bond acceptors (Lipinski definition) is 3. The third-order valence-corrected chi connectivity index (χ3v) is 2.37. The highest BCUT2D eigenvalue weighted by atomic mass is 16.5. The van der Waals surface area contributed by atoms with Gasteiger partial charge >= 0.3 is 5.97 Å². The molecule has 96 valence electrons. The van der Waals surface area contributed by atoms with E-state index in [1.807, 2.05) is 25.1 Å². The van der Waals surface area contributed by atoms with Crippen molar-refractivity contribution in [3.05, 3.63) is 42.0 Å². The first-order chi connectivity index (χ1) is 8.54. The standard InChI is InChI=1S/C14H17NO3/c1-4-7-13(16)18-11(3)14(17)15-12-9-6-5-8-10(12)2/h4-9,11H,1-3H3,(H,15,17)/b7-4+. The maximum atomic E-state index is 11.8. The largest absolute Gasteiger partial charge is 0.449 e. The van der Waals surface area contributed by atoms with E-state index >= 15 is 0 Å². The molecule has 1 aromatic carbocycles. The predicted molar refractivity (Wildman–Crippen MR) is 70.2 cm³/mol. The molecule has 1 unspecified atom stereocenters. The number of benzene rings is 1. The summed E-state index contributed by atoms with van der Waals surface area (Å²) in [5.41, 5.74) is 1.68. The fraction of sp³-hybridized carbons (Fsp3) is 0.286. The third-order valence-electron chi connectivity index (χ3n) is 2.37. The van der Waals surface area contributed by atoms with Crippen molar-refractivity contribution in [2.75, 3.05) is 5.32 Å². The Bertz CT molecular complexity index is 466. The van der Waals surface area contributed by atoms with Crippen LogP contribution in [0.2, 0.25) is 0 Å². The Morgan fingerprint density at radius 1 is 1.33 bits per heavy atom. The van der Waals surface area contributed by atoms with Gasteiger partial charge in [0.05, 0.1) is 0 Å². The number of para-hydroxylation sites is 1. The van der Waals surface area contributed by atoms with Crippen LogP contribution in [-0.4, -0.2) is 18.0 Å². The summed E-state index contributed by atoms with van der Waals surface area (Å²) >= 11 is 0. The molecular formula is C14H17NO3. The molecule has 1 amide bonds. The van der Waals surface area contributed by atoms with Gasteiger partial charge in [-0.3, -0.25) is 4.79 Å². The second-order valence-corrected chi connectivity index (χ2v) is 3.88. The summed E-state index contributed by atoms with van der Waals surface area (Å²) in [5, 5.41) is 2.72. The zero-order valence-corrected chi connectivity index (χ0v) is 10.8. The molecule has 0 aliphatic rings. The first-order valence-electron chi connectivity index (χ1n) is 5.74. The van der Waals surface area contributed by atoms with Gasteiger partial charge < -0.3 is 10.1 Å². The lowest BCUT2D eigenvalue weighted by molar-refractivity contribution is -0.148. The summed E-state index contributed by atoms with van der Waals surface area (Å²) in [6.07, 6.45) is 2.01. The van der Waals surface area contributed by atoms with Crippen molar-refractivity contribution >= 4 is 17.6 Å². The van der Waals surface area contributed by atoms with Crippen LogP contribution in [0.1, 0.15) is 19.4 Å². The molecule has 1 N–H and O–H groups in total. The highest BCUT2D eigenvalue weighted by Gasteiger charge is 2.16. The molecule has 1 atom stereocenters. The number of carbonyl (C=O) groups is 2. The number of nitrogens with one attached hydrogen (secondary N) is 1. The molecule has 4 heteroatoms. The number of aryl methyl sites for hydroxylation is 1. The zero-order valence-electron chi connectivity index (χ0n) is 10.8. The van der Waals surface area contributed by atoms with Gasteiger partial charge in [0.25, 0.3) is 5.91 Å². The Labute approximate surface area is 107 Å². The maximum Gasteiger partial charge on any atom is 0.331 e. The van der Waals surface area contributed by atoms with E-state index < -0.39 is 12.1 Å². The average molecular weight is 247 g/mol. The van der Waals surface area contributed by atoms with Crippen LogP contribution in [0.3, 0.4) is 0 Å². The number of ether oxygens (including phenoxy) is 1. The molecule has 0 spiro atoms. The zero-order chi connectivity index (χ0) is 13.5. The number of esters is 1. The quantitative estimate of drug-likeness (QED) is 0.656. The minimum atomic E-state index is -0.826. The molecule has 1 aromatic rings. The van der Waals surface area contributed by atoms with E-state index in [9.17, 15) is 9.59 Å². The van der Waals surface area contributed by atoms with E-state index in [-0.39, 0.29) is 5.91 Å². The molecule has 0 fully saturated rings. The average Bonchev–Trinajstić information content (AvgIpc) is 2.32. The Balaban J connectivity index is 2.60. The summed E-state index contributed by atoms with van der Waals surface area (Å²) in [6.45, 7) is 5.14. The molecule has 0 heterocycles. The summed E-state index contributed by atoms with van der Waals surface area (Å²) in [7, 11) is 0. The van der Waals surface area contributed by atoms with Gasteiger partial charge in [0.15, 0.2) is 6.10 Å². The lowest BCUT2D eigenvalue weighted by Crippen LogP contribution is -2.29. The first-order valence-corrected chi connectivity index (χ1v) is 5.74. The van der Waals surface area contributed by atoms with Gasteiger partial charge in [-0.25, -0.2) is 4.79 Å². The summed E-state index contributed by atoms with van der Waals surface area (Å²) in [5.74, 6) is -0.868. The topological polar surface area (TPSA) is 55.4 Å². The highest BCUT2D eigenvalue weighted by Crippen LogP contribution is 2.13. The van der Waals surface area contributed by atoms with E-state index in [1.54, 1.807) is 19.1 Å². The predicted octanol–water partition coefficient (Wildman–Crippen LogP) is 2.44. The number of amides is 1. The van der Waals surface area contributed by atoms with E-state index in [0.29, 0.717) is 0 Å². The minimum Gasteiger partial charge on any atom is -0.449 e. The normalized spacial score (nSPS) is 12.2. The number of anilines is 1. The Morgan fingerprint density at radius 3 is 2.61 bits per heavy atom. The van der Waals surface area contributed by atoms with E-state index in [0.717, 1.165) is 11.3 Å². The third kappa shape index (κ3) is 4.05. The number of rotatable bonds is 4. The van der Waals surface area contributed by atoms with Crippen molar-refractivity contribution in [2.24, 2.45) is 0 Å². The summed E-state index contributed by atoms with van der Waals surface area (Å²) in [6, 6.07) is 7.42. The van der Waals surface area contributed by atoms with Crippen LogP contribution in [0.5, 0.6) is 0 Å². The molecule has 0 aromatic heterocycles. The van der Waals surface area contributed by atoms with Gasteiger partial charge in [-0.15, -0.1) is 0 Å². The van der Waals surface area contributed by atoms with Gasteiger partial charge in [-0.1, -0.05) is 24.3 Å². The fourth-order valence-electron chi connectivity index (χ4n) is 1.35. The number of allylic oxidation sites excluding steroid dienone is 1. The van der Waals surface area contributed by atoms with Crippen molar-refractivity contribution in [1.82, 2.24) is 0 Å². The Morgan fingerprint density at radius 2 is 2.00 bits per heavy atom. The smallest absolute Gasteiger partial charge is 0.331 e. The van der Waals surface area contributed by atoms with E-state index in [2.05, 4.69) is 5.32 Å². The van der Waals surface area contributed by atoms with Crippen LogP contribution in [0.15, 0.2) is 36.4 Å². The summed E-state index contributed by atoms with van der Waals surface area (Å²) in [4.78, 5) is 23.0. The SMILES string of the molecule is C/C=C/C(=O)OC(C)C(=O)Nc1ccccc1C. The molecule has 0 saturated carbocycles. The monoisotopic (exact) mass is 247 g/mol. The Hall–Kier alpha value is -2.10. The van der Waals surface area contributed by atoms with Crippen molar-refractivity contribution in [3.8, 4) is 0 Å². The molecule has 0 bridgehead atoms. The van der Waals surface area contributed by atoms with Gasteiger partial charge in [0.2, 0.25) is 0 Å². The Kier molecular flexibility index (Phi) is 5.11. The van der Waals surface area contributed by atoms with Gasteiger partial charge in [0.1, 0.15) is 0 Å².